The summed E-state index contributed by atoms with van der Waals surface area (Å²) in [4.78, 5) is 27.9. The number of hydrogen-bond donors (Lipinski definition) is 2. The number of carboxylic acid groups (broad SMARTS) is 1. The van der Waals surface area contributed by atoms with Gasteiger partial charge in [-0.15, -0.1) is 0 Å². The molecule has 0 saturated heterocycles. The van der Waals surface area contributed by atoms with E-state index < -0.39 is 11.2 Å². The van der Waals surface area contributed by atoms with Gasteiger partial charge in [-0.1, -0.05) is 25.6 Å². The number of carbonyl (C=O) groups excluding carboxylic acids is 1. The lowest BCUT2D eigenvalue weighted by Crippen LogP contribution is -2.22. The Labute approximate surface area is 162 Å². The van der Waals surface area contributed by atoms with E-state index in [2.05, 4.69) is 30.2 Å². The van der Waals surface area contributed by atoms with Gasteiger partial charge in [0.2, 0.25) is 5.91 Å². The van der Waals surface area contributed by atoms with Crippen LogP contribution >= 0.6 is 11.8 Å². The Bertz CT molecular complexity index is 873. The standard InChI is InChI=1S/C20H21N3O3S/c1-12(2)10-17-9-6-15(11-21)19(23-17)27-13(3)18(24)22-16-7-4-14(5-8-16)20(25)26/h4-9,12-13H,10H2,1-3H3,(H,22,24)(H,25,26). The van der Waals surface area contributed by atoms with Gasteiger partial charge in [0.05, 0.1) is 16.4 Å². The first-order chi connectivity index (χ1) is 12.8. The maximum absolute atomic E-state index is 12.4. The van der Waals surface area contributed by atoms with Crippen molar-refractivity contribution >= 4 is 29.3 Å². The summed E-state index contributed by atoms with van der Waals surface area (Å²) in [6, 6.07) is 11.6. The van der Waals surface area contributed by atoms with Crippen LogP contribution in [0, 0.1) is 17.2 Å². The van der Waals surface area contributed by atoms with Crippen LogP contribution in [0.2, 0.25) is 0 Å². The van der Waals surface area contributed by atoms with Crippen LogP contribution in [0.25, 0.3) is 0 Å². The number of anilines is 1. The van der Waals surface area contributed by atoms with Gasteiger partial charge >= 0.3 is 5.97 Å². The molecule has 0 aliphatic heterocycles. The van der Waals surface area contributed by atoms with E-state index in [1.54, 1.807) is 25.1 Å². The molecule has 0 saturated carbocycles. The number of benzene rings is 1. The van der Waals surface area contributed by atoms with Crippen molar-refractivity contribution in [3.8, 4) is 6.07 Å². The molecule has 0 fully saturated rings. The van der Waals surface area contributed by atoms with E-state index in [1.807, 2.05) is 6.07 Å². The first-order valence-corrected chi connectivity index (χ1v) is 9.39. The normalized spacial score (nSPS) is 11.7. The lowest BCUT2D eigenvalue weighted by atomic mass is 10.1. The zero-order valence-electron chi connectivity index (χ0n) is 15.4. The third kappa shape index (κ3) is 5.83. The van der Waals surface area contributed by atoms with E-state index >= 15 is 0 Å². The summed E-state index contributed by atoms with van der Waals surface area (Å²) in [5, 5.41) is 21.0. The van der Waals surface area contributed by atoms with Gasteiger partial charge in [0, 0.05) is 11.4 Å². The number of amides is 1. The lowest BCUT2D eigenvalue weighted by molar-refractivity contribution is -0.115. The molecule has 2 aromatic rings. The average Bonchev–Trinajstić information content (AvgIpc) is 2.61. The topological polar surface area (TPSA) is 103 Å². The number of pyridine rings is 1. The maximum Gasteiger partial charge on any atom is 0.335 e. The van der Waals surface area contributed by atoms with Crippen molar-refractivity contribution in [3.05, 3.63) is 53.2 Å². The molecule has 2 N–H and O–H groups in total. The van der Waals surface area contributed by atoms with Crippen LogP contribution in [0.5, 0.6) is 0 Å². The highest BCUT2D eigenvalue weighted by Crippen LogP contribution is 2.26. The molecule has 0 aliphatic carbocycles. The van der Waals surface area contributed by atoms with Crippen molar-refractivity contribution < 1.29 is 14.7 Å². The summed E-state index contributed by atoms with van der Waals surface area (Å²) in [6.45, 7) is 5.93. The quantitative estimate of drug-likeness (QED) is 0.701. The molecule has 1 aromatic carbocycles. The number of rotatable bonds is 7. The van der Waals surface area contributed by atoms with E-state index in [-0.39, 0.29) is 11.5 Å². The van der Waals surface area contributed by atoms with Crippen molar-refractivity contribution in [1.29, 1.82) is 5.26 Å². The Morgan fingerprint density at radius 1 is 1.19 bits per heavy atom. The van der Waals surface area contributed by atoms with Crippen molar-refractivity contribution in [2.24, 2.45) is 5.92 Å². The predicted molar refractivity (Wildman–Crippen MR) is 105 cm³/mol. The first-order valence-electron chi connectivity index (χ1n) is 8.51. The van der Waals surface area contributed by atoms with Crippen LogP contribution in [0.1, 0.15) is 42.4 Å². The smallest absolute Gasteiger partial charge is 0.335 e. The minimum atomic E-state index is -1.02. The molecule has 1 heterocycles. The van der Waals surface area contributed by atoms with Gasteiger partial charge in [0.15, 0.2) is 0 Å². The van der Waals surface area contributed by atoms with Crippen molar-refractivity contribution in [1.82, 2.24) is 4.98 Å². The predicted octanol–water partition coefficient (Wildman–Crippen LogP) is 3.97. The minimum Gasteiger partial charge on any atom is -0.478 e. The fourth-order valence-corrected chi connectivity index (χ4v) is 3.26. The molecule has 0 bridgehead atoms. The molecule has 1 amide bonds. The third-order valence-electron chi connectivity index (χ3n) is 3.71. The average molecular weight is 383 g/mol. The molecule has 0 radical (unpaired) electrons. The number of thioether (sulfide) groups is 1. The van der Waals surface area contributed by atoms with E-state index in [9.17, 15) is 14.9 Å². The van der Waals surface area contributed by atoms with Gasteiger partial charge in [-0.3, -0.25) is 4.79 Å². The van der Waals surface area contributed by atoms with E-state index in [1.165, 1.54) is 23.9 Å². The molecular weight excluding hydrogens is 362 g/mol. The van der Waals surface area contributed by atoms with Crippen molar-refractivity contribution in [2.45, 2.75) is 37.5 Å². The Morgan fingerprint density at radius 2 is 1.85 bits per heavy atom. The molecule has 0 aliphatic rings. The molecule has 7 heteroatoms. The summed E-state index contributed by atoms with van der Waals surface area (Å²) in [6.07, 6.45) is 0.801. The van der Waals surface area contributed by atoms with Gasteiger partial charge in [-0.25, -0.2) is 9.78 Å². The molecule has 1 unspecified atom stereocenters. The van der Waals surface area contributed by atoms with Crippen LogP contribution in [0.4, 0.5) is 5.69 Å². The molecule has 1 atom stereocenters. The molecule has 27 heavy (non-hydrogen) atoms. The van der Waals surface area contributed by atoms with Crippen molar-refractivity contribution in [3.63, 3.8) is 0 Å². The van der Waals surface area contributed by atoms with Gasteiger partial charge in [-0.05, 0) is 55.7 Å². The van der Waals surface area contributed by atoms with Crippen molar-refractivity contribution in [2.75, 3.05) is 5.32 Å². The Kier molecular flexibility index (Phi) is 6.97. The second-order valence-electron chi connectivity index (χ2n) is 6.50. The highest BCUT2D eigenvalue weighted by atomic mass is 32.2. The number of carbonyl (C=O) groups is 2. The number of hydrogen-bond acceptors (Lipinski definition) is 5. The monoisotopic (exact) mass is 383 g/mol. The summed E-state index contributed by atoms with van der Waals surface area (Å²) in [5.41, 5.74) is 2.00. The minimum absolute atomic E-state index is 0.153. The second-order valence-corrected chi connectivity index (χ2v) is 7.83. The Balaban J connectivity index is 2.09. The van der Waals surface area contributed by atoms with E-state index in [0.717, 1.165) is 12.1 Å². The number of nitriles is 1. The number of aromatic carboxylic acids is 1. The Hall–Kier alpha value is -2.85. The van der Waals surface area contributed by atoms with E-state index in [4.69, 9.17) is 5.11 Å². The Morgan fingerprint density at radius 3 is 2.41 bits per heavy atom. The van der Waals surface area contributed by atoms with Gasteiger partial charge < -0.3 is 10.4 Å². The molecule has 2 rings (SSSR count). The van der Waals surface area contributed by atoms with E-state index in [0.29, 0.717) is 22.2 Å². The molecule has 0 spiro atoms. The third-order valence-corrected chi connectivity index (χ3v) is 4.81. The van der Waals surface area contributed by atoms with Gasteiger partial charge in [0.25, 0.3) is 0 Å². The van der Waals surface area contributed by atoms with Crippen LogP contribution in [-0.4, -0.2) is 27.2 Å². The zero-order chi connectivity index (χ0) is 20.0. The number of nitrogens with zero attached hydrogens (tertiary/aromatic N) is 2. The maximum atomic E-state index is 12.4. The van der Waals surface area contributed by atoms with Crippen LogP contribution < -0.4 is 5.32 Å². The fraction of sp³-hybridized carbons (Fsp3) is 0.300. The van der Waals surface area contributed by atoms with Gasteiger partial charge in [0.1, 0.15) is 11.1 Å². The highest BCUT2D eigenvalue weighted by Gasteiger charge is 2.18. The second kappa shape index (κ2) is 9.19. The fourth-order valence-electron chi connectivity index (χ4n) is 2.35. The molecule has 140 valence electrons. The largest absolute Gasteiger partial charge is 0.478 e. The molecule has 6 nitrogen and oxygen atoms in total. The lowest BCUT2D eigenvalue weighted by Gasteiger charge is -2.13. The summed E-state index contributed by atoms with van der Waals surface area (Å²) < 4.78 is 0. The highest BCUT2D eigenvalue weighted by molar-refractivity contribution is 8.00. The number of nitrogens with one attached hydrogen (secondary N) is 1. The van der Waals surface area contributed by atoms with Crippen LogP contribution in [0.3, 0.4) is 0 Å². The molecular formula is C20H21N3O3S. The van der Waals surface area contributed by atoms with Crippen LogP contribution in [-0.2, 0) is 11.2 Å². The van der Waals surface area contributed by atoms with Gasteiger partial charge in [-0.2, -0.15) is 5.26 Å². The molecule has 1 aromatic heterocycles. The number of carboxylic acids is 1. The summed E-state index contributed by atoms with van der Waals surface area (Å²) in [7, 11) is 0. The zero-order valence-corrected chi connectivity index (χ0v) is 16.2. The van der Waals surface area contributed by atoms with Crippen LogP contribution in [0.15, 0.2) is 41.4 Å². The first kappa shape index (κ1) is 20.5. The SMILES string of the molecule is CC(C)Cc1ccc(C#N)c(SC(C)C(=O)Nc2ccc(C(=O)O)cc2)n1. The summed E-state index contributed by atoms with van der Waals surface area (Å²) in [5.74, 6) is -0.825. The number of aromatic nitrogens is 1. The summed E-state index contributed by atoms with van der Waals surface area (Å²) >= 11 is 1.23.